The smallest absolute Gasteiger partial charge is 0.227 e. The van der Waals surface area contributed by atoms with Gasteiger partial charge >= 0.3 is 0 Å². The van der Waals surface area contributed by atoms with Crippen LogP contribution in [0.3, 0.4) is 0 Å². The summed E-state index contributed by atoms with van der Waals surface area (Å²) in [4.78, 5) is 13.2. The Bertz CT molecular complexity index is 1010. The lowest BCUT2D eigenvalue weighted by Gasteiger charge is -2.20. The first-order chi connectivity index (χ1) is 15.5. The molecule has 1 atom stereocenters. The zero-order valence-electron chi connectivity index (χ0n) is 18.8. The van der Waals surface area contributed by atoms with E-state index in [1.54, 1.807) is 18.0 Å². The van der Waals surface area contributed by atoms with Crippen molar-refractivity contribution in [2.45, 2.75) is 25.7 Å². The number of anilines is 1. The van der Waals surface area contributed by atoms with Gasteiger partial charge in [0.05, 0.1) is 12.8 Å². The Balaban J connectivity index is 1.81. The summed E-state index contributed by atoms with van der Waals surface area (Å²) in [6.45, 7) is 4.96. The Hall–Kier alpha value is -3.32. The van der Waals surface area contributed by atoms with Gasteiger partial charge in [-0.1, -0.05) is 18.7 Å². The number of benzene rings is 1. The zero-order chi connectivity index (χ0) is 22.9. The molecule has 1 amide bonds. The van der Waals surface area contributed by atoms with Gasteiger partial charge in [0, 0.05) is 37.0 Å². The summed E-state index contributed by atoms with van der Waals surface area (Å²) in [5.41, 5.74) is 8.87. The summed E-state index contributed by atoms with van der Waals surface area (Å²) < 4.78 is 13.0. The molecule has 0 aliphatic heterocycles. The van der Waals surface area contributed by atoms with Crippen LogP contribution >= 0.6 is 0 Å². The number of aryl methyl sites for hydroxylation is 1. The van der Waals surface area contributed by atoms with Gasteiger partial charge in [-0.15, -0.1) is 0 Å². The molecule has 1 unspecified atom stereocenters. The summed E-state index contributed by atoms with van der Waals surface area (Å²) in [5.74, 6) is 1.19. The summed E-state index contributed by atoms with van der Waals surface area (Å²) in [5, 5.41) is 7.34. The Morgan fingerprint density at radius 2 is 2.22 bits per heavy atom. The van der Waals surface area contributed by atoms with E-state index >= 15 is 0 Å². The van der Waals surface area contributed by atoms with E-state index in [-0.39, 0.29) is 11.8 Å². The van der Waals surface area contributed by atoms with E-state index in [9.17, 15) is 4.79 Å². The minimum Gasteiger partial charge on any atom is -0.497 e. The second kappa shape index (κ2) is 11.3. The molecule has 1 aliphatic rings. The van der Waals surface area contributed by atoms with Crippen LogP contribution in [0.2, 0.25) is 0 Å². The number of nitrogens with one attached hydrogen (secondary N) is 1. The molecule has 7 nitrogen and oxygen atoms in total. The maximum Gasteiger partial charge on any atom is 0.227 e. The third-order valence-corrected chi connectivity index (χ3v) is 5.46. The summed E-state index contributed by atoms with van der Waals surface area (Å²) >= 11 is 0. The number of ether oxygens (including phenoxy) is 2. The first-order valence-corrected chi connectivity index (χ1v) is 10.9. The van der Waals surface area contributed by atoms with Crippen molar-refractivity contribution in [1.82, 2.24) is 9.78 Å². The monoisotopic (exact) mass is 436 g/mol. The lowest BCUT2D eigenvalue weighted by molar-refractivity contribution is -0.120. The first-order valence-electron chi connectivity index (χ1n) is 10.9. The number of aromatic nitrogens is 2. The SMILES string of the molecule is C=C1CC(C(=O)Nc2ccc(OCCN)c(-c3ccnn3C)c2)CCC/C=C\C=C/1OC. The van der Waals surface area contributed by atoms with Crippen LogP contribution in [0.15, 0.2) is 66.6 Å². The molecule has 1 aliphatic carbocycles. The summed E-state index contributed by atoms with van der Waals surface area (Å²) in [6.07, 6.45) is 10.9. The Morgan fingerprint density at radius 1 is 1.38 bits per heavy atom. The molecule has 32 heavy (non-hydrogen) atoms. The van der Waals surface area contributed by atoms with Crippen molar-refractivity contribution in [2.75, 3.05) is 25.6 Å². The topological polar surface area (TPSA) is 91.4 Å². The van der Waals surface area contributed by atoms with E-state index in [1.165, 1.54) is 0 Å². The molecule has 170 valence electrons. The van der Waals surface area contributed by atoms with Gasteiger partial charge in [-0.3, -0.25) is 9.48 Å². The Morgan fingerprint density at radius 3 is 2.94 bits per heavy atom. The van der Waals surface area contributed by atoms with Gasteiger partial charge < -0.3 is 20.5 Å². The van der Waals surface area contributed by atoms with E-state index in [0.717, 1.165) is 36.1 Å². The number of methoxy groups -OCH3 is 1. The highest BCUT2D eigenvalue weighted by molar-refractivity contribution is 5.93. The maximum atomic E-state index is 13.2. The van der Waals surface area contributed by atoms with E-state index < -0.39 is 0 Å². The number of allylic oxidation sites excluding steroid dienone is 4. The number of hydrogen-bond acceptors (Lipinski definition) is 5. The van der Waals surface area contributed by atoms with Gasteiger partial charge in [-0.2, -0.15) is 5.10 Å². The lowest BCUT2D eigenvalue weighted by atomic mass is 9.91. The molecule has 7 heteroatoms. The van der Waals surface area contributed by atoms with Crippen LogP contribution in [0.4, 0.5) is 5.69 Å². The molecule has 0 saturated heterocycles. The van der Waals surface area contributed by atoms with E-state index in [0.29, 0.717) is 36.8 Å². The van der Waals surface area contributed by atoms with Gasteiger partial charge in [-0.25, -0.2) is 0 Å². The highest BCUT2D eigenvalue weighted by Gasteiger charge is 2.22. The zero-order valence-corrected chi connectivity index (χ0v) is 18.8. The van der Waals surface area contributed by atoms with Gasteiger partial charge in [0.25, 0.3) is 0 Å². The highest BCUT2D eigenvalue weighted by atomic mass is 16.5. The average molecular weight is 437 g/mol. The number of nitrogens with zero attached hydrogens (tertiary/aromatic N) is 2. The predicted molar refractivity (Wildman–Crippen MR) is 127 cm³/mol. The lowest BCUT2D eigenvalue weighted by Crippen LogP contribution is -2.24. The number of amides is 1. The first kappa shape index (κ1) is 23.3. The van der Waals surface area contributed by atoms with Crippen LogP contribution in [0, 0.1) is 5.92 Å². The quantitative estimate of drug-likeness (QED) is 0.679. The fourth-order valence-electron chi connectivity index (χ4n) is 3.77. The van der Waals surface area contributed by atoms with Gasteiger partial charge in [0.2, 0.25) is 5.91 Å². The van der Waals surface area contributed by atoms with E-state index in [2.05, 4.69) is 23.1 Å². The van der Waals surface area contributed by atoms with Crippen LogP contribution in [0.1, 0.15) is 25.7 Å². The van der Waals surface area contributed by atoms with Crippen molar-refractivity contribution in [3.63, 3.8) is 0 Å². The van der Waals surface area contributed by atoms with E-state index in [1.807, 2.05) is 43.5 Å². The number of nitrogens with two attached hydrogens (primary N) is 1. The van der Waals surface area contributed by atoms with Crippen LogP contribution in [-0.4, -0.2) is 35.9 Å². The minimum absolute atomic E-state index is 0.0299. The van der Waals surface area contributed by atoms with Crippen molar-refractivity contribution in [3.8, 4) is 17.0 Å². The molecule has 1 aromatic heterocycles. The standard InChI is InChI=1S/C25H32N4O3/c1-18-16-19(8-6-4-5-7-9-23(18)31-3)25(30)28-20-10-11-24(32-15-13-26)21(17-20)22-12-14-27-29(22)2/h5,7,9-12,14,17,19H,1,4,6,8,13,15-16,26H2,2-3H3,(H,28,30)/b7-5-,23-9+. The molecule has 1 heterocycles. The Kier molecular flexibility index (Phi) is 8.27. The molecule has 0 fully saturated rings. The predicted octanol–water partition coefficient (Wildman–Crippen LogP) is 4.20. The van der Waals surface area contributed by atoms with Crippen LogP contribution in [0.25, 0.3) is 11.3 Å². The maximum absolute atomic E-state index is 13.2. The Labute approximate surface area is 189 Å². The highest BCUT2D eigenvalue weighted by Crippen LogP contribution is 2.33. The number of carbonyl (C=O) groups excluding carboxylic acids is 1. The number of hydrogen-bond donors (Lipinski definition) is 2. The second-order valence-corrected chi connectivity index (χ2v) is 7.78. The fraction of sp³-hybridized carbons (Fsp3) is 0.360. The number of rotatable bonds is 7. The van der Waals surface area contributed by atoms with Crippen molar-refractivity contribution in [1.29, 1.82) is 0 Å². The summed E-state index contributed by atoms with van der Waals surface area (Å²) in [7, 11) is 3.49. The molecular formula is C25H32N4O3. The van der Waals surface area contributed by atoms with Gasteiger partial charge in [-0.05, 0) is 61.6 Å². The second-order valence-electron chi connectivity index (χ2n) is 7.78. The minimum atomic E-state index is -0.194. The molecule has 0 saturated carbocycles. The molecule has 3 rings (SSSR count). The normalized spacial score (nSPS) is 19.5. The fourth-order valence-corrected chi connectivity index (χ4v) is 3.77. The van der Waals surface area contributed by atoms with Crippen LogP contribution < -0.4 is 15.8 Å². The van der Waals surface area contributed by atoms with Crippen molar-refractivity contribution >= 4 is 11.6 Å². The summed E-state index contributed by atoms with van der Waals surface area (Å²) in [6, 6.07) is 7.53. The van der Waals surface area contributed by atoms with E-state index in [4.69, 9.17) is 15.2 Å². The molecule has 0 radical (unpaired) electrons. The van der Waals surface area contributed by atoms with Crippen LogP contribution in [-0.2, 0) is 16.6 Å². The number of carbonyl (C=O) groups is 1. The average Bonchev–Trinajstić information content (AvgIpc) is 3.22. The molecule has 2 aromatic rings. The molecule has 1 aromatic carbocycles. The third kappa shape index (κ3) is 5.88. The van der Waals surface area contributed by atoms with Gasteiger partial charge in [0.15, 0.2) is 0 Å². The largest absolute Gasteiger partial charge is 0.497 e. The van der Waals surface area contributed by atoms with Crippen molar-refractivity contribution in [3.05, 3.63) is 66.6 Å². The van der Waals surface area contributed by atoms with Crippen molar-refractivity contribution < 1.29 is 14.3 Å². The molecule has 0 bridgehead atoms. The molecule has 0 spiro atoms. The van der Waals surface area contributed by atoms with Crippen molar-refractivity contribution in [2.24, 2.45) is 18.7 Å². The van der Waals surface area contributed by atoms with Gasteiger partial charge in [0.1, 0.15) is 18.1 Å². The molecule has 3 N–H and O–H groups in total. The van der Waals surface area contributed by atoms with Crippen LogP contribution in [0.5, 0.6) is 5.75 Å². The third-order valence-electron chi connectivity index (χ3n) is 5.46. The molecular weight excluding hydrogens is 404 g/mol.